The Balaban J connectivity index is 2.31. The van der Waals surface area contributed by atoms with E-state index >= 15 is 0 Å². The Morgan fingerprint density at radius 2 is 2.21 bits per heavy atom. The zero-order valence-corrected chi connectivity index (χ0v) is 10.7. The van der Waals surface area contributed by atoms with E-state index < -0.39 is 10.9 Å². The molecular weight excluding hydrogens is 248 g/mol. The molecule has 0 aliphatic heterocycles. The van der Waals surface area contributed by atoms with Gasteiger partial charge < -0.3 is 10.0 Å². The molecule has 0 aromatic heterocycles. The number of carboxylic acid groups (broad SMARTS) is 1. The molecule has 0 atom stereocenters. The molecule has 1 aliphatic rings. The van der Waals surface area contributed by atoms with Crippen LogP contribution in [-0.2, 0) is 4.79 Å². The third kappa shape index (κ3) is 3.21. The molecule has 19 heavy (non-hydrogen) atoms. The number of carbonyl (C=O) groups is 1. The lowest BCUT2D eigenvalue weighted by Gasteiger charge is -2.24. The number of anilines is 1. The zero-order valence-electron chi connectivity index (χ0n) is 10.7. The van der Waals surface area contributed by atoms with Gasteiger partial charge in [-0.05, 0) is 31.7 Å². The molecule has 6 nitrogen and oxygen atoms in total. The van der Waals surface area contributed by atoms with Crippen LogP contribution >= 0.6 is 0 Å². The summed E-state index contributed by atoms with van der Waals surface area (Å²) in [5, 5.41) is 19.9. The Hall–Kier alpha value is -2.11. The van der Waals surface area contributed by atoms with Crippen LogP contribution in [0.5, 0.6) is 0 Å². The van der Waals surface area contributed by atoms with Gasteiger partial charge in [0.15, 0.2) is 0 Å². The van der Waals surface area contributed by atoms with Gasteiger partial charge in [0, 0.05) is 18.3 Å². The minimum atomic E-state index is -0.924. The molecule has 0 unspecified atom stereocenters. The monoisotopic (exact) mass is 264 g/mol. The van der Waals surface area contributed by atoms with Crippen molar-refractivity contribution in [2.75, 3.05) is 18.0 Å². The number of nitro benzene ring substituents is 1. The molecule has 1 fully saturated rings. The number of carboxylic acids is 1. The van der Waals surface area contributed by atoms with Crippen molar-refractivity contribution >= 4 is 17.3 Å². The summed E-state index contributed by atoms with van der Waals surface area (Å²) in [5.41, 5.74) is 1.20. The van der Waals surface area contributed by atoms with E-state index in [9.17, 15) is 14.9 Å². The Morgan fingerprint density at radius 1 is 1.53 bits per heavy atom. The fourth-order valence-corrected chi connectivity index (χ4v) is 2.18. The number of aliphatic carboxylic acids is 1. The Labute approximate surface area is 110 Å². The SMILES string of the molecule is Cc1c(N(CC(=O)O)CC2CC2)cccc1[N+](=O)[O-]. The Bertz CT molecular complexity index is 511. The van der Waals surface area contributed by atoms with Crippen LogP contribution in [0.25, 0.3) is 0 Å². The summed E-state index contributed by atoms with van der Waals surface area (Å²) >= 11 is 0. The number of benzene rings is 1. The smallest absolute Gasteiger partial charge is 0.323 e. The average Bonchev–Trinajstić information content (AvgIpc) is 3.11. The van der Waals surface area contributed by atoms with Crippen LogP contribution in [0.15, 0.2) is 18.2 Å². The molecule has 0 saturated heterocycles. The molecule has 0 bridgehead atoms. The van der Waals surface area contributed by atoms with Crippen molar-refractivity contribution in [3.8, 4) is 0 Å². The van der Waals surface area contributed by atoms with Crippen molar-refractivity contribution < 1.29 is 14.8 Å². The largest absolute Gasteiger partial charge is 0.480 e. The highest BCUT2D eigenvalue weighted by Gasteiger charge is 2.27. The highest BCUT2D eigenvalue weighted by Crippen LogP contribution is 2.34. The predicted octanol–water partition coefficient (Wildman–Crippen LogP) is 2.20. The maximum Gasteiger partial charge on any atom is 0.323 e. The molecule has 1 saturated carbocycles. The molecule has 0 heterocycles. The van der Waals surface area contributed by atoms with Crippen molar-refractivity contribution in [3.63, 3.8) is 0 Å². The molecule has 1 aromatic rings. The van der Waals surface area contributed by atoms with E-state index in [1.54, 1.807) is 24.0 Å². The normalized spacial score (nSPS) is 14.2. The van der Waals surface area contributed by atoms with E-state index in [1.165, 1.54) is 6.07 Å². The molecular formula is C13H16N2O4. The number of rotatable bonds is 6. The lowest BCUT2D eigenvalue weighted by molar-refractivity contribution is -0.385. The van der Waals surface area contributed by atoms with Crippen LogP contribution in [0.1, 0.15) is 18.4 Å². The van der Waals surface area contributed by atoms with Crippen LogP contribution < -0.4 is 4.90 Å². The van der Waals surface area contributed by atoms with Gasteiger partial charge in [-0.2, -0.15) is 0 Å². The molecule has 1 aliphatic carbocycles. The second kappa shape index (κ2) is 5.26. The van der Waals surface area contributed by atoms with Crippen molar-refractivity contribution in [2.45, 2.75) is 19.8 Å². The summed E-state index contributed by atoms with van der Waals surface area (Å²) in [7, 11) is 0. The van der Waals surface area contributed by atoms with Crippen LogP contribution in [0.3, 0.4) is 0 Å². The molecule has 2 rings (SSSR count). The van der Waals surface area contributed by atoms with Gasteiger partial charge in [0.2, 0.25) is 0 Å². The van der Waals surface area contributed by atoms with Crippen molar-refractivity contribution in [2.24, 2.45) is 5.92 Å². The van der Waals surface area contributed by atoms with Crippen LogP contribution in [0, 0.1) is 23.0 Å². The average molecular weight is 264 g/mol. The molecule has 1 N–H and O–H groups in total. The van der Waals surface area contributed by atoms with E-state index in [2.05, 4.69) is 0 Å². The lowest BCUT2D eigenvalue weighted by atomic mass is 10.1. The van der Waals surface area contributed by atoms with Crippen molar-refractivity contribution in [1.82, 2.24) is 0 Å². The van der Waals surface area contributed by atoms with Gasteiger partial charge in [-0.1, -0.05) is 6.07 Å². The summed E-state index contributed by atoms with van der Waals surface area (Å²) < 4.78 is 0. The third-order valence-electron chi connectivity index (χ3n) is 3.32. The zero-order chi connectivity index (χ0) is 14.0. The van der Waals surface area contributed by atoms with Gasteiger partial charge in [0.25, 0.3) is 5.69 Å². The molecule has 6 heteroatoms. The van der Waals surface area contributed by atoms with Crippen molar-refractivity contribution in [1.29, 1.82) is 0 Å². The summed E-state index contributed by atoms with van der Waals surface area (Å²) in [6.07, 6.45) is 2.20. The first-order valence-corrected chi connectivity index (χ1v) is 6.19. The van der Waals surface area contributed by atoms with E-state index in [0.29, 0.717) is 23.7 Å². The van der Waals surface area contributed by atoms with Crippen LogP contribution in [0.4, 0.5) is 11.4 Å². The molecule has 0 radical (unpaired) electrons. The maximum absolute atomic E-state index is 10.9. The highest BCUT2D eigenvalue weighted by molar-refractivity contribution is 5.75. The van der Waals surface area contributed by atoms with Gasteiger partial charge in [0.1, 0.15) is 6.54 Å². The fourth-order valence-electron chi connectivity index (χ4n) is 2.18. The fraction of sp³-hybridized carbons (Fsp3) is 0.462. The maximum atomic E-state index is 10.9. The van der Waals surface area contributed by atoms with Gasteiger partial charge in [-0.3, -0.25) is 14.9 Å². The number of hydrogen-bond acceptors (Lipinski definition) is 4. The first-order chi connectivity index (χ1) is 8.99. The van der Waals surface area contributed by atoms with E-state index in [1.807, 2.05) is 0 Å². The first kappa shape index (κ1) is 13.3. The summed E-state index contributed by atoms with van der Waals surface area (Å²) in [6, 6.07) is 4.78. The summed E-state index contributed by atoms with van der Waals surface area (Å²) in [5.74, 6) is -0.412. The minimum absolute atomic E-state index is 0.0312. The number of nitro groups is 1. The van der Waals surface area contributed by atoms with Gasteiger partial charge in [-0.25, -0.2) is 0 Å². The first-order valence-electron chi connectivity index (χ1n) is 6.19. The van der Waals surface area contributed by atoms with Gasteiger partial charge in [-0.15, -0.1) is 0 Å². The summed E-state index contributed by atoms with van der Waals surface area (Å²) in [4.78, 5) is 23.2. The minimum Gasteiger partial charge on any atom is -0.480 e. The van der Waals surface area contributed by atoms with Crippen LogP contribution in [-0.4, -0.2) is 29.1 Å². The third-order valence-corrected chi connectivity index (χ3v) is 3.32. The standard InChI is InChI=1S/C13H16N2O4/c1-9-11(3-2-4-12(9)15(18)19)14(8-13(16)17)7-10-5-6-10/h2-4,10H,5-8H2,1H3,(H,16,17). The van der Waals surface area contributed by atoms with Gasteiger partial charge in [0.05, 0.1) is 10.5 Å². The lowest BCUT2D eigenvalue weighted by Crippen LogP contribution is -2.32. The van der Waals surface area contributed by atoms with E-state index in [-0.39, 0.29) is 12.2 Å². The second-order valence-corrected chi connectivity index (χ2v) is 4.90. The number of hydrogen-bond donors (Lipinski definition) is 1. The number of nitrogens with zero attached hydrogens (tertiary/aromatic N) is 2. The molecule has 1 aromatic carbocycles. The van der Waals surface area contributed by atoms with Gasteiger partial charge >= 0.3 is 5.97 Å². The van der Waals surface area contributed by atoms with Crippen molar-refractivity contribution in [3.05, 3.63) is 33.9 Å². The quantitative estimate of drug-likeness (QED) is 0.629. The molecule has 0 amide bonds. The highest BCUT2D eigenvalue weighted by atomic mass is 16.6. The topological polar surface area (TPSA) is 83.7 Å². The Morgan fingerprint density at radius 3 is 2.74 bits per heavy atom. The van der Waals surface area contributed by atoms with Crippen LogP contribution in [0.2, 0.25) is 0 Å². The molecule has 102 valence electrons. The second-order valence-electron chi connectivity index (χ2n) is 4.90. The Kier molecular flexibility index (Phi) is 3.69. The van der Waals surface area contributed by atoms with E-state index in [4.69, 9.17) is 5.11 Å². The summed E-state index contributed by atoms with van der Waals surface area (Å²) in [6.45, 7) is 2.18. The molecule has 0 spiro atoms. The van der Waals surface area contributed by atoms with E-state index in [0.717, 1.165) is 12.8 Å². The predicted molar refractivity (Wildman–Crippen MR) is 70.4 cm³/mol.